The zero-order valence-corrected chi connectivity index (χ0v) is 19.9. The van der Waals surface area contributed by atoms with E-state index in [2.05, 4.69) is 27.9 Å². The van der Waals surface area contributed by atoms with Crippen LogP contribution >= 0.6 is 24.0 Å². The van der Waals surface area contributed by atoms with E-state index >= 15 is 0 Å². The molecule has 9 heteroatoms. The molecule has 1 amide bonds. The van der Waals surface area contributed by atoms with Gasteiger partial charge in [-0.15, -0.1) is 24.0 Å². The lowest BCUT2D eigenvalue weighted by Gasteiger charge is -2.17. The van der Waals surface area contributed by atoms with Crippen LogP contribution in [0.4, 0.5) is 0 Å². The monoisotopic (exact) mass is 526 g/mol. The van der Waals surface area contributed by atoms with Gasteiger partial charge in [-0.2, -0.15) is 5.10 Å². The summed E-state index contributed by atoms with van der Waals surface area (Å²) >= 11 is 0. The highest BCUT2D eigenvalue weighted by molar-refractivity contribution is 14.0. The van der Waals surface area contributed by atoms with E-state index in [1.54, 1.807) is 25.2 Å². The van der Waals surface area contributed by atoms with Gasteiger partial charge in [-0.1, -0.05) is 24.3 Å². The Balaban J connectivity index is 0.00000320. The lowest BCUT2D eigenvalue weighted by molar-refractivity contribution is -0.127. The maximum absolute atomic E-state index is 12.0. The van der Waals surface area contributed by atoms with Gasteiger partial charge in [0, 0.05) is 45.6 Å². The fraction of sp³-hybridized carbons (Fsp3) is 0.476. The summed E-state index contributed by atoms with van der Waals surface area (Å²) in [5, 5.41) is 10.8. The summed E-state index contributed by atoms with van der Waals surface area (Å²) in [6.07, 6.45) is 4.77. The lowest BCUT2D eigenvalue weighted by atomic mass is 10.1. The summed E-state index contributed by atoms with van der Waals surface area (Å²) < 4.78 is 7.34. The number of likely N-dealkylation sites (N-methyl/N-ethyl adjacent to an activating group) is 1. The van der Waals surface area contributed by atoms with E-state index in [-0.39, 0.29) is 36.4 Å². The standard InChI is InChI=1S/C21H30N6O2.HI/c1-26(2)20(28)14-24-21(22-12-17-8-11-29-16-17)23-13-18-6-3-4-7-19(18)15-27-10-5-9-25-27;/h3-7,9-10,17H,8,11-16H2,1-2H3,(H2,22,23,24);1H. The highest BCUT2D eigenvalue weighted by atomic mass is 127. The minimum absolute atomic E-state index is 0. The maximum Gasteiger partial charge on any atom is 0.241 e. The van der Waals surface area contributed by atoms with Crippen LogP contribution < -0.4 is 10.6 Å². The molecule has 1 aliphatic heterocycles. The molecule has 1 atom stereocenters. The number of amides is 1. The van der Waals surface area contributed by atoms with Crippen molar-refractivity contribution >= 4 is 35.8 Å². The minimum atomic E-state index is 0. The second-order valence-electron chi connectivity index (χ2n) is 7.39. The second-order valence-corrected chi connectivity index (χ2v) is 7.39. The summed E-state index contributed by atoms with van der Waals surface area (Å²) in [5.74, 6) is 1.11. The number of ether oxygens (including phenoxy) is 1. The van der Waals surface area contributed by atoms with Gasteiger partial charge in [0.2, 0.25) is 5.91 Å². The normalized spacial score (nSPS) is 16.1. The summed E-state index contributed by atoms with van der Waals surface area (Å²) in [7, 11) is 3.49. The molecule has 0 spiro atoms. The van der Waals surface area contributed by atoms with Gasteiger partial charge in [0.25, 0.3) is 0 Å². The molecular formula is C21H31IN6O2. The molecule has 1 saturated heterocycles. The molecular weight excluding hydrogens is 495 g/mol. The van der Waals surface area contributed by atoms with Crippen LogP contribution in [0.3, 0.4) is 0 Å². The largest absolute Gasteiger partial charge is 0.381 e. The molecule has 1 aromatic heterocycles. The van der Waals surface area contributed by atoms with Crippen LogP contribution in [0, 0.1) is 5.92 Å². The van der Waals surface area contributed by atoms with Crippen molar-refractivity contribution < 1.29 is 9.53 Å². The summed E-state index contributed by atoms with van der Waals surface area (Å²) in [5.41, 5.74) is 2.31. The minimum Gasteiger partial charge on any atom is -0.381 e. The average molecular weight is 526 g/mol. The highest BCUT2D eigenvalue weighted by Crippen LogP contribution is 2.12. The molecule has 1 aromatic carbocycles. The van der Waals surface area contributed by atoms with Crippen LogP contribution in [-0.2, 0) is 22.6 Å². The highest BCUT2D eigenvalue weighted by Gasteiger charge is 2.16. The van der Waals surface area contributed by atoms with E-state index in [1.807, 2.05) is 29.1 Å². The van der Waals surface area contributed by atoms with Crippen LogP contribution in [0.1, 0.15) is 17.5 Å². The van der Waals surface area contributed by atoms with Crippen LogP contribution in [0.25, 0.3) is 0 Å². The topological polar surface area (TPSA) is 83.8 Å². The molecule has 1 aliphatic rings. The van der Waals surface area contributed by atoms with Gasteiger partial charge >= 0.3 is 0 Å². The van der Waals surface area contributed by atoms with Crippen LogP contribution in [0.2, 0.25) is 0 Å². The van der Waals surface area contributed by atoms with Gasteiger partial charge in [-0.05, 0) is 23.6 Å². The molecule has 2 aromatic rings. The third kappa shape index (κ3) is 7.60. The summed E-state index contributed by atoms with van der Waals surface area (Å²) in [6.45, 7) is 3.78. The SMILES string of the molecule is CN(C)C(=O)CNC(=NCc1ccccc1Cn1cccn1)NCC1CCOC1.I. The van der Waals surface area contributed by atoms with E-state index < -0.39 is 0 Å². The maximum atomic E-state index is 12.0. The molecule has 0 saturated carbocycles. The van der Waals surface area contributed by atoms with Crippen molar-refractivity contribution in [2.75, 3.05) is 40.4 Å². The molecule has 0 bridgehead atoms. The van der Waals surface area contributed by atoms with Gasteiger partial charge in [-0.3, -0.25) is 9.48 Å². The summed E-state index contributed by atoms with van der Waals surface area (Å²) in [6, 6.07) is 10.1. The van der Waals surface area contributed by atoms with Crippen LogP contribution in [0.15, 0.2) is 47.7 Å². The Bertz CT molecular complexity index is 804. The average Bonchev–Trinajstić information content (AvgIpc) is 3.42. The fourth-order valence-electron chi connectivity index (χ4n) is 3.08. The number of carbonyl (C=O) groups is 1. The first-order valence-electron chi connectivity index (χ1n) is 9.96. The van der Waals surface area contributed by atoms with Gasteiger partial charge in [0.05, 0.1) is 26.2 Å². The van der Waals surface area contributed by atoms with Crippen molar-refractivity contribution in [3.05, 3.63) is 53.9 Å². The first kappa shape index (κ1) is 24.1. The number of guanidine groups is 1. The van der Waals surface area contributed by atoms with E-state index in [0.717, 1.165) is 31.7 Å². The quantitative estimate of drug-likeness (QED) is 0.311. The van der Waals surface area contributed by atoms with Gasteiger partial charge in [0.15, 0.2) is 5.96 Å². The first-order valence-corrected chi connectivity index (χ1v) is 9.96. The Labute approximate surface area is 195 Å². The number of carbonyl (C=O) groups excluding carboxylic acids is 1. The number of nitrogens with one attached hydrogen (secondary N) is 2. The molecule has 0 aliphatic carbocycles. The predicted molar refractivity (Wildman–Crippen MR) is 128 cm³/mol. The molecule has 8 nitrogen and oxygen atoms in total. The number of nitrogens with zero attached hydrogens (tertiary/aromatic N) is 4. The van der Waals surface area contributed by atoms with Crippen molar-refractivity contribution in [1.82, 2.24) is 25.3 Å². The van der Waals surface area contributed by atoms with Gasteiger partial charge < -0.3 is 20.3 Å². The van der Waals surface area contributed by atoms with Crippen LogP contribution in [0.5, 0.6) is 0 Å². The number of aliphatic imine (C=N–C) groups is 1. The second kappa shape index (κ2) is 12.5. The van der Waals surface area contributed by atoms with E-state index in [0.29, 0.717) is 25.0 Å². The molecule has 0 radical (unpaired) electrons. The third-order valence-electron chi connectivity index (χ3n) is 4.91. The predicted octanol–water partition coefficient (Wildman–Crippen LogP) is 1.71. The first-order chi connectivity index (χ1) is 14.1. The Morgan fingerprint density at radius 2 is 2.07 bits per heavy atom. The molecule has 1 fully saturated rings. The Morgan fingerprint density at radius 1 is 1.27 bits per heavy atom. The third-order valence-corrected chi connectivity index (χ3v) is 4.91. The number of rotatable bonds is 8. The number of hydrogen-bond donors (Lipinski definition) is 2. The zero-order chi connectivity index (χ0) is 20.5. The molecule has 1 unspecified atom stereocenters. The van der Waals surface area contributed by atoms with E-state index in [1.165, 1.54) is 5.56 Å². The van der Waals surface area contributed by atoms with E-state index in [9.17, 15) is 4.79 Å². The lowest BCUT2D eigenvalue weighted by Crippen LogP contribution is -2.44. The summed E-state index contributed by atoms with van der Waals surface area (Å²) in [4.78, 5) is 18.3. The van der Waals surface area contributed by atoms with Crippen molar-refractivity contribution in [2.24, 2.45) is 10.9 Å². The smallest absolute Gasteiger partial charge is 0.241 e. The Hall–Kier alpha value is -2.14. The Kier molecular flexibility index (Phi) is 10.1. The molecule has 164 valence electrons. The molecule has 2 heterocycles. The number of aromatic nitrogens is 2. The number of hydrogen-bond acceptors (Lipinski definition) is 4. The number of halogens is 1. The van der Waals surface area contributed by atoms with Crippen molar-refractivity contribution in [3.63, 3.8) is 0 Å². The van der Waals surface area contributed by atoms with Crippen LogP contribution in [-0.4, -0.2) is 66.9 Å². The van der Waals surface area contributed by atoms with Crippen molar-refractivity contribution in [2.45, 2.75) is 19.5 Å². The fourth-order valence-corrected chi connectivity index (χ4v) is 3.08. The zero-order valence-electron chi connectivity index (χ0n) is 17.6. The number of benzene rings is 1. The molecule has 2 N–H and O–H groups in total. The Morgan fingerprint density at radius 3 is 2.73 bits per heavy atom. The van der Waals surface area contributed by atoms with Crippen molar-refractivity contribution in [1.29, 1.82) is 0 Å². The van der Waals surface area contributed by atoms with E-state index in [4.69, 9.17) is 9.73 Å². The molecule has 30 heavy (non-hydrogen) atoms. The van der Waals surface area contributed by atoms with Crippen molar-refractivity contribution in [3.8, 4) is 0 Å². The van der Waals surface area contributed by atoms with Gasteiger partial charge in [-0.25, -0.2) is 4.99 Å². The molecule has 3 rings (SSSR count). The van der Waals surface area contributed by atoms with Gasteiger partial charge in [0.1, 0.15) is 0 Å².